The number of rotatable bonds is 8. The molecule has 0 saturated carbocycles. The predicted octanol–water partition coefficient (Wildman–Crippen LogP) is 2.56. The summed E-state index contributed by atoms with van der Waals surface area (Å²) in [7, 11) is 0. The van der Waals surface area contributed by atoms with Crippen molar-refractivity contribution < 1.29 is 15.3 Å². The lowest BCUT2D eigenvalue weighted by Gasteiger charge is -2.24. The van der Waals surface area contributed by atoms with E-state index >= 15 is 0 Å². The van der Waals surface area contributed by atoms with Crippen LogP contribution < -0.4 is 0 Å². The van der Waals surface area contributed by atoms with Crippen LogP contribution in [0.15, 0.2) is 24.3 Å². The number of aliphatic hydroxyl groups is 3. The van der Waals surface area contributed by atoms with Crippen molar-refractivity contribution in [1.82, 2.24) is 0 Å². The van der Waals surface area contributed by atoms with Crippen LogP contribution in [0.3, 0.4) is 0 Å². The van der Waals surface area contributed by atoms with E-state index in [0.717, 1.165) is 18.4 Å². The van der Waals surface area contributed by atoms with E-state index < -0.39 is 17.3 Å². The molecule has 106 valence electrons. The van der Waals surface area contributed by atoms with Crippen LogP contribution in [0.1, 0.15) is 53.4 Å². The smallest absolute Gasteiger partial charge is 0.0849 e. The lowest BCUT2D eigenvalue weighted by molar-refractivity contribution is -0.0509. The van der Waals surface area contributed by atoms with E-state index in [0.29, 0.717) is 12.8 Å². The maximum absolute atomic E-state index is 9.74. The number of allylic oxidation sites excluding steroid dienone is 2. The maximum Gasteiger partial charge on any atom is 0.0849 e. The minimum absolute atomic E-state index is 0.545. The molecule has 18 heavy (non-hydrogen) atoms. The molecular formula is C15H28O3. The van der Waals surface area contributed by atoms with Gasteiger partial charge in [0.15, 0.2) is 0 Å². The van der Waals surface area contributed by atoms with Gasteiger partial charge in [-0.05, 0) is 53.4 Å². The van der Waals surface area contributed by atoms with E-state index in [-0.39, 0.29) is 0 Å². The molecule has 2 atom stereocenters. The first-order chi connectivity index (χ1) is 8.08. The molecule has 3 nitrogen and oxygen atoms in total. The second-order valence-electron chi connectivity index (χ2n) is 5.86. The second-order valence-corrected chi connectivity index (χ2v) is 5.86. The Labute approximate surface area is 111 Å². The molecule has 3 N–H and O–H groups in total. The standard InChI is InChI=1S/C15H28O3/c1-6-15(5,18)11-7-8-12(2)9-10-13(16)14(3,4)17/h6,8,13,16-18H,1,7,9-11H2,2-5H3/b12-8-. The third-order valence-corrected chi connectivity index (χ3v) is 3.21. The van der Waals surface area contributed by atoms with E-state index in [1.807, 2.05) is 6.92 Å². The molecule has 0 aromatic carbocycles. The molecule has 0 bridgehead atoms. The average Bonchev–Trinajstić information content (AvgIpc) is 2.24. The van der Waals surface area contributed by atoms with Gasteiger partial charge in [0.25, 0.3) is 0 Å². The van der Waals surface area contributed by atoms with Crippen molar-refractivity contribution >= 4 is 0 Å². The molecule has 0 radical (unpaired) electrons. The quantitative estimate of drug-likeness (QED) is 0.585. The zero-order valence-corrected chi connectivity index (χ0v) is 12.1. The van der Waals surface area contributed by atoms with Crippen LogP contribution in [0.4, 0.5) is 0 Å². The SMILES string of the molecule is C=CC(C)(O)CC/C=C(/C)CCC(O)C(C)(C)O. The van der Waals surface area contributed by atoms with Gasteiger partial charge >= 0.3 is 0 Å². The van der Waals surface area contributed by atoms with Gasteiger partial charge in [-0.2, -0.15) is 0 Å². The molecule has 0 aromatic rings. The molecule has 0 heterocycles. The summed E-state index contributed by atoms with van der Waals surface area (Å²) in [6.07, 6.45) is 5.62. The Morgan fingerprint density at radius 3 is 2.28 bits per heavy atom. The first kappa shape index (κ1) is 17.4. The van der Waals surface area contributed by atoms with Crippen LogP contribution >= 0.6 is 0 Å². The normalized spacial score (nSPS) is 18.3. The van der Waals surface area contributed by atoms with E-state index in [4.69, 9.17) is 0 Å². The Hall–Kier alpha value is -0.640. The van der Waals surface area contributed by atoms with Crippen molar-refractivity contribution in [2.45, 2.75) is 70.7 Å². The molecule has 0 amide bonds. The summed E-state index contributed by atoms with van der Waals surface area (Å²) < 4.78 is 0. The van der Waals surface area contributed by atoms with E-state index in [9.17, 15) is 15.3 Å². The van der Waals surface area contributed by atoms with Crippen LogP contribution in [0.2, 0.25) is 0 Å². The molecule has 0 fully saturated rings. The van der Waals surface area contributed by atoms with Crippen molar-refractivity contribution in [1.29, 1.82) is 0 Å². The molecular weight excluding hydrogens is 228 g/mol. The maximum atomic E-state index is 9.74. The zero-order valence-electron chi connectivity index (χ0n) is 12.1. The highest BCUT2D eigenvalue weighted by molar-refractivity contribution is 5.01. The van der Waals surface area contributed by atoms with Gasteiger partial charge in [0.2, 0.25) is 0 Å². The van der Waals surface area contributed by atoms with E-state index in [2.05, 4.69) is 12.7 Å². The van der Waals surface area contributed by atoms with Crippen LogP contribution in [0.25, 0.3) is 0 Å². The molecule has 2 unspecified atom stereocenters. The molecule has 0 aliphatic carbocycles. The highest BCUT2D eigenvalue weighted by Gasteiger charge is 2.23. The third kappa shape index (κ3) is 7.64. The van der Waals surface area contributed by atoms with Gasteiger partial charge in [-0.15, -0.1) is 6.58 Å². The summed E-state index contributed by atoms with van der Waals surface area (Å²) in [6, 6.07) is 0. The van der Waals surface area contributed by atoms with Crippen LogP contribution in [-0.2, 0) is 0 Å². The fourth-order valence-electron chi connectivity index (χ4n) is 1.53. The molecule has 0 aliphatic rings. The summed E-state index contributed by atoms with van der Waals surface area (Å²) in [5.41, 5.74) is -0.700. The van der Waals surface area contributed by atoms with Crippen molar-refractivity contribution in [3.63, 3.8) is 0 Å². The summed E-state index contributed by atoms with van der Waals surface area (Å²) in [5.74, 6) is 0. The fraction of sp³-hybridized carbons (Fsp3) is 0.733. The highest BCUT2D eigenvalue weighted by atomic mass is 16.3. The summed E-state index contributed by atoms with van der Waals surface area (Å²) in [6.45, 7) is 10.5. The Balaban J connectivity index is 4.03. The fourth-order valence-corrected chi connectivity index (χ4v) is 1.53. The molecule has 0 aliphatic heterocycles. The summed E-state index contributed by atoms with van der Waals surface area (Å²) >= 11 is 0. The summed E-state index contributed by atoms with van der Waals surface area (Å²) in [4.78, 5) is 0. The zero-order chi connectivity index (χ0) is 14.4. The van der Waals surface area contributed by atoms with Crippen LogP contribution in [0, 0.1) is 0 Å². The molecule has 0 aromatic heterocycles. The largest absolute Gasteiger partial charge is 0.390 e. The molecule has 0 saturated heterocycles. The lowest BCUT2D eigenvalue weighted by atomic mass is 9.95. The van der Waals surface area contributed by atoms with Gasteiger partial charge in [-0.3, -0.25) is 0 Å². The van der Waals surface area contributed by atoms with Gasteiger partial charge in [0.05, 0.1) is 17.3 Å². The summed E-state index contributed by atoms with van der Waals surface area (Å²) in [5, 5.41) is 29.0. The minimum Gasteiger partial charge on any atom is -0.390 e. The minimum atomic E-state index is -1.05. The van der Waals surface area contributed by atoms with Crippen molar-refractivity contribution in [3.8, 4) is 0 Å². The highest BCUT2D eigenvalue weighted by Crippen LogP contribution is 2.18. The first-order valence-corrected chi connectivity index (χ1v) is 6.50. The van der Waals surface area contributed by atoms with Crippen molar-refractivity contribution in [2.75, 3.05) is 0 Å². The van der Waals surface area contributed by atoms with Gasteiger partial charge in [0.1, 0.15) is 0 Å². The Morgan fingerprint density at radius 1 is 1.28 bits per heavy atom. The van der Waals surface area contributed by atoms with Crippen molar-refractivity contribution in [2.24, 2.45) is 0 Å². The predicted molar refractivity (Wildman–Crippen MR) is 75.4 cm³/mol. The second kappa shape index (κ2) is 7.07. The Morgan fingerprint density at radius 2 is 1.83 bits per heavy atom. The monoisotopic (exact) mass is 256 g/mol. The van der Waals surface area contributed by atoms with Gasteiger partial charge < -0.3 is 15.3 Å². The van der Waals surface area contributed by atoms with Crippen LogP contribution in [0.5, 0.6) is 0 Å². The van der Waals surface area contributed by atoms with Gasteiger partial charge in [-0.25, -0.2) is 0 Å². The molecule has 3 heteroatoms. The topological polar surface area (TPSA) is 60.7 Å². The Bertz CT molecular complexity index is 285. The third-order valence-electron chi connectivity index (χ3n) is 3.21. The molecule has 0 rings (SSSR count). The van der Waals surface area contributed by atoms with Gasteiger partial charge in [0, 0.05) is 0 Å². The van der Waals surface area contributed by atoms with E-state index in [1.54, 1.807) is 26.8 Å². The van der Waals surface area contributed by atoms with Crippen LogP contribution in [-0.4, -0.2) is 32.6 Å². The van der Waals surface area contributed by atoms with E-state index in [1.165, 1.54) is 0 Å². The Kier molecular flexibility index (Phi) is 6.82. The lowest BCUT2D eigenvalue weighted by Crippen LogP contribution is -2.35. The van der Waals surface area contributed by atoms with Gasteiger partial charge in [-0.1, -0.05) is 17.7 Å². The average molecular weight is 256 g/mol. The number of aliphatic hydroxyl groups excluding tert-OH is 1. The number of hydrogen-bond donors (Lipinski definition) is 3. The van der Waals surface area contributed by atoms with Crippen molar-refractivity contribution in [3.05, 3.63) is 24.3 Å². The molecule has 0 spiro atoms. The number of hydrogen-bond acceptors (Lipinski definition) is 3. The first-order valence-electron chi connectivity index (χ1n) is 6.50.